The predicted octanol–water partition coefficient (Wildman–Crippen LogP) is 3.14. The number of carboxylic acid groups (broad SMARTS) is 1. The summed E-state index contributed by atoms with van der Waals surface area (Å²) >= 11 is 5.85. The van der Waals surface area contributed by atoms with Gasteiger partial charge in [0, 0.05) is 29.3 Å². The summed E-state index contributed by atoms with van der Waals surface area (Å²) in [4.78, 5) is 47.9. The number of ketones is 1. The quantitative estimate of drug-likeness (QED) is 0.236. The number of carboxylic acids is 1. The van der Waals surface area contributed by atoms with Crippen LogP contribution in [0.15, 0.2) is 54.1 Å². The summed E-state index contributed by atoms with van der Waals surface area (Å²) in [7, 11) is 0. The number of benzene rings is 2. The number of hydrogen-bond acceptors (Lipinski definition) is 6. The van der Waals surface area contributed by atoms with E-state index < -0.39 is 40.8 Å². The highest BCUT2D eigenvalue weighted by Crippen LogP contribution is 2.40. The van der Waals surface area contributed by atoms with Crippen LogP contribution in [0.1, 0.15) is 23.6 Å². The van der Waals surface area contributed by atoms with Crippen LogP contribution in [0.2, 0.25) is 5.02 Å². The van der Waals surface area contributed by atoms with Gasteiger partial charge in [-0.3, -0.25) is 24.5 Å². The minimum absolute atomic E-state index is 0.198. The maximum absolute atomic E-state index is 12.7. The van der Waals surface area contributed by atoms with E-state index in [1.165, 1.54) is 48.5 Å². The van der Waals surface area contributed by atoms with E-state index in [1.807, 2.05) is 0 Å². The molecule has 0 spiro atoms. The maximum Gasteiger partial charge on any atom is 0.305 e. The van der Waals surface area contributed by atoms with E-state index in [1.54, 1.807) is 0 Å². The Kier molecular flexibility index (Phi) is 5.84. The normalized spacial score (nSPS) is 17.9. The van der Waals surface area contributed by atoms with E-state index in [-0.39, 0.29) is 28.9 Å². The minimum atomic E-state index is -1.19. The standard InChI is InChI=1S/C20H15ClN2O7/c21-13-6-4-11(5-7-13)18(26)16-17(12-2-1-3-14(10-12)23(29)30)22(9-8-15(24)25)20(28)19(16)27/h1-7,10,17,26H,8-9H2,(H,24,25)/b18-16+/t17-/m1/s1. The van der Waals surface area contributed by atoms with Crippen molar-refractivity contribution in [3.05, 3.63) is 80.4 Å². The topological polar surface area (TPSA) is 138 Å². The number of carbonyl (C=O) groups is 3. The molecule has 10 heteroatoms. The molecule has 2 N–H and O–H groups in total. The van der Waals surface area contributed by atoms with Gasteiger partial charge in [0.2, 0.25) is 0 Å². The van der Waals surface area contributed by atoms with Crippen LogP contribution in [0.25, 0.3) is 5.76 Å². The average molecular weight is 431 g/mol. The molecular weight excluding hydrogens is 416 g/mol. The third kappa shape index (κ3) is 4.01. The number of carbonyl (C=O) groups excluding carboxylic acids is 2. The summed E-state index contributed by atoms with van der Waals surface area (Å²) in [6, 6.07) is 9.96. The second-order valence-corrected chi connectivity index (χ2v) is 6.93. The third-order valence-electron chi connectivity index (χ3n) is 4.62. The Labute approximate surface area is 175 Å². The molecule has 0 saturated carbocycles. The lowest BCUT2D eigenvalue weighted by Crippen LogP contribution is -2.31. The summed E-state index contributed by atoms with van der Waals surface area (Å²) in [5.74, 6) is -3.68. The van der Waals surface area contributed by atoms with Gasteiger partial charge in [-0.05, 0) is 29.8 Å². The van der Waals surface area contributed by atoms with Crippen molar-refractivity contribution in [2.45, 2.75) is 12.5 Å². The first-order valence-corrected chi connectivity index (χ1v) is 9.09. The number of amides is 1. The number of nitro groups is 1. The number of aliphatic carboxylic acids is 1. The van der Waals surface area contributed by atoms with Crippen molar-refractivity contribution in [2.75, 3.05) is 6.54 Å². The SMILES string of the molecule is O=C(O)CCN1C(=O)C(=O)/C(=C(/O)c2ccc(Cl)cc2)[C@H]1c1cccc([N+](=O)[O-])c1. The van der Waals surface area contributed by atoms with Crippen LogP contribution in [0.5, 0.6) is 0 Å². The summed E-state index contributed by atoms with van der Waals surface area (Å²) in [5, 5.41) is 31.3. The molecule has 0 bridgehead atoms. The minimum Gasteiger partial charge on any atom is -0.507 e. The van der Waals surface area contributed by atoms with Gasteiger partial charge in [-0.15, -0.1) is 0 Å². The molecule has 1 amide bonds. The highest BCUT2D eigenvalue weighted by Gasteiger charge is 2.46. The van der Waals surface area contributed by atoms with Crippen molar-refractivity contribution in [3.8, 4) is 0 Å². The van der Waals surface area contributed by atoms with Crippen molar-refractivity contribution in [1.29, 1.82) is 0 Å². The predicted molar refractivity (Wildman–Crippen MR) is 106 cm³/mol. The number of hydrogen-bond donors (Lipinski definition) is 2. The van der Waals surface area contributed by atoms with Crippen molar-refractivity contribution in [1.82, 2.24) is 4.90 Å². The van der Waals surface area contributed by atoms with Gasteiger partial charge in [-0.2, -0.15) is 0 Å². The number of rotatable bonds is 6. The van der Waals surface area contributed by atoms with E-state index in [9.17, 15) is 29.6 Å². The molecule has 0 aromatic heterocycles. The molecule has 0 aliphatic carbocycles. The number of non-ortho nitro benzene ring substituents is 1. The van der Waals surface area contributed by atoms with Gasteiger partial charge in [-0.1, -0.05) is 23.7 Å². The maximum atomic E-state index is 12.7. The Bertz CT molecular complexity index is 1080. The van der Waals surface area contributed by atoms with E-state index in [2.05, 4.69) is 0 Å². The largest absolute Gasteiger partial charge is 0.507 e. The van der Waals surface area contributed by atoms with Crippen LogP contribution in [-0.2, 0) is 14.4 Å². The molecule has 30 heavy (non-hydrogen) atoms. The Hall–Kier alpha value is -3.72. The molecule has 2 aromatic carbocycles. The van der Waals surface area contributed by atoms with Gasteiger partial charge in [-0.25, -0.2) is 0 Å². The lowest BCUT2D eigenvalue weighted by molar-refractivity contribution is -0.384. The summed E-state index contributed by atoms with van der Waals surface area (Å²) in [5.41, 5.74) is -0.147. The molecule has 9 nitrogen and oxygen atoms in total. The number of aliphatic hydroxyl groups excluding tert-OH is 1. The number of nitro benzene ring substituents is 1. The van der Waals surface area contributed by atoms with E-state index in [4.69, 9.17) is 16.7 Å². The van der Waals surface area contributed by atoms with Gasteiger partial charge in [0.15, 0.2) is 0 Å². The zero-order valence-corrected chi connectivity index (χ0v) is 16.1. The van der Waals surface area contributed by atoms with Crippen molar-refractivity contribution >= 4 is 40.7 Å². The van der Waals surface area contributed by atoms with Crippen molar-refractivity contribution < 1.29 is 29.5 Å². The number of nitrogens with zero attached hydrogens (tertiary/aromatic N) is 2. The fourth-order valence-electron chi connectivity index (χ4n) is 3.24. The average Bonchev–Trinajstić information content (AvgIpc) is 2.97. The number of aliphatic hydroxyl groups is 1. The molecule has 1 heterocycles. The van der Waals surface area contributed by atoms with Crippen molar-refractivity contribution in [3.63, 3.8) is 0 Å². The number of likely N-dealkylation sites (tertiary alicyclic amines) is 1. The summed E-state index contributed by atoms with van der Waals surface area (Å²) in [6.45, 7) is -0.315. The van der Waals surface area contributed by atoms with Crippen LogP contribution in [0.4, 0.5) is 5.69 Å². The molecule has 1 fully saturated rings. The Morgan fingerprint density at radius 3 is 2.40 bits per heavy atom. The molecule has 0 unspecified atom stereocenters. The van der Waals surface area contributed by atoms with E-state index in [0.717, 1.165) is 4.90 Å². The lowest BCUT2D eigenvalue weighted by atomic mass is 9.95. The van der Waals surface area contributed by atoms with E-state index in [0.29, 0.717) is 5.02 Å². The molecule has 3 rings (SSSR count). The van der Waals surface area contributed by atoms with Gasteiger partial charge in [0.1, 0.15) is 5.76 Å². The summed E-state index contributed by atoms with van der Waals surface area (Å²) in [6.07, 6.45) is -0.445. The Morgan fingerprint density at radius 1 is 1.13 bits per heavy atom. The lowest BCUT2D eigenvalue weighted by Gasteiger charge is -2.24. The van der Waals surface area contributed by atoms with Crippen LogP contribution in [0.3, 0.4) is 0 Å². The van der Waals surface area contributed by atoms with Crippen LogP contribution >= 0.6 is 11.6 Å². The first-order valence-electron chi connectivity index (χ1n) is 8.71. The second-order valence-electron chi connectivity index (χ2n) is 6.50. The van der Waals surface area contributed by atoms with Crippen LogP contribution in [0, 0.1) is 10.1 Å². The fraction of sp³-hybridized carbons (Fsp3) is 0.150. The highest BCUT2D eigenvalue weighted by atomic mass is 35.5. The first kappa shape index (κ1) is 21.0. The second kappa shape index (κ2) is 8.34. The molecule has 1 aliphatic heterocycles. The molecule has 1 atom stereocenters. The van der Waals surface area contributed by atoms with Crippen molar-refractivity contribution in [2.24, 2.45) is 0 Å². The zero-order valence-electron chi connectivity index (χ0n) is 15.3. The van der Waals surface area contributed by atoms with Gasteiger partial charge in [0.25, 0.3) is 17.4 Å². The molecule has 2 aromatic rings. The van der Waals surface area contributed by atoms with Gasteiger partial charge >= 0.3 is 5.97 Å². The summed E-state index contributed by atoms with van der Waals surface area (Å²) < 4.78 is 0. The molecule has 1 aliphatic rings. The number of halogens is 1. The zero-order chi connectivity index (χ0) is 22.0. The molecular formula is C20H15ClN2O7. The first-order chi connectivity index (χ1) is 14.2. The third-order valence-corrected chi connectivity index (χ3v) is 4.87. The Balaban J connectivity index is 2.19. The molecule has 154 valence electrons. The van der Waals surface area contributed by atoms with Crippen LogP contribution < -0.4 is 0 Å². The highest BCUT2D eigenvalue weighted by molar-refractivity contribution is 6.46. The Morgan fingerprint density at radius 2 is 1.80 bits per heavy atom. The number of Topliss-reactive ketones (excluding diaryl/α,β-unsaturated/α-hetero) is 1. The van der Waals surface area contributed by atoms with E-state index >= 15 is 0 Å². The smallest absolute Gasteiger partial charge is 0.305 e. The molecule has 1 saturated heterocycles. The van der Waals surface area contributed by atoms with Crippen LogP contribution in [-0.4, -0.2) is 44.2 Å². The monoisotopic (exact) mass is 430 g/mol. The van der Waals surface area contributed by atoms with Gasteiger partial charge in [0.05, 0.1) is 23.0 Å². The van der Waals surface area contributed by atoms with Gasteiger partial charge < -0.3 is 15.1 Å². The molecule has 0 radical (unpaired) electrons. The fourth-order valence-corrected chi connectivity index (χ4v) is 3.37.